The molecule has 2 aromatic rings. The standard InChI is InChI=1S/C18H22Cl2N4O/c1-5-14(15(20)10-21)16-22-23(11-18(2,3)4)17(25)24(16)13-8-6-12(19)7-9-13/h5-10H,11,21H2,1-4H3/b14-5+,15-10+. The van der Waals surface area contributed by atoms with Crippen LogP contribution in [-0.4, -0.2) is 14.3 Å². The van der Waals surface area contributed by atoms with E-state index in [0.717, 1.165) is 0 Å². The van der Waals surface area contributed by atoms with Crippen LogP contribution in [0.4, 0.5) is 0 Å². The number of nitrogens with two attached hydrogens (primary N) is 1. The summed E-state index contributed by atoms with van der Waals surface area (Å²) in [6, 6.07) is 6.99. The van der Waals surface area contributed by atoms with Crippen LogP contribution in [0, 0.1) is 5.41 Å². The van der Waals surface area contributed by atoms with E-state index >= 15 is 0 Å². The molecule has 0 amide bonds. The molecule has 1 aromatic carbocycles. The molecule has 0 fully saturated rings. The van der Waals surface area contributed by atoms with Crippen LogP contribution in [0.5, 0.6) is 0 Å². The second-order valence-electron chi connectivity index (χ2n) is 6.85. The Balaban J connectivity index is 2.74. The van der Waals surface area contributed by atoms with Gasteiger partial charge in [0.05, 0.1) is 17.3 Å². The number of allylic oxidation sites excluding steroid dienone is 3. The molecular weight excluding hydrogens is 359 g/mol. The van der Waals surface area contributed by atoms with Crippen molar-refractivity contribution in [2.45, 2.75) is 34.2 Å². The average Bonchev–Trinajstić information content (AvgIpc) is 2.83. The zero-order chi connectivity index (χ0) is 18.8. The Morgan fingerprint density at radius 2 is 1.88 bits per heavy atom. The smallest absolute Gasteiger partial charge is 0.350 e. The average molecular weight is 381 g/mol. The molecule has 2 rings (SSSR count). The van der Waals surface area contributed by atoms with Crippen LogP contribution in [0.3, 0.4) is 0 Å². The predicted octanol–water partition coefficient (Wildman–Crippen LogP) is 4.18. The van der Waals surface area contributed by atoms with E-state index < -0.39 is 0 Å². The maximum atomic E-state index is 13.0. The largest absolute Gasteiger partial charge is 0.403 e. The molecule has 1 aromatic heterocycles. The summed E-state index contributed by atoms with van der Waals surface area (Å²) in [7, 11) is 0. The van der Waals surface area contributed by atoms with Crippen LogP contribution in [0.15, 0.2) is 46.4 Å². The van der Waals surface area contributed by atoms with Gasteiger partial charge in [0.1, 0.15) is 0 Å². The highest BCUT2D eigenvalue weighted by atomic mass is 35.5. The lowest BCUT2D eigenvalue weighted by Crippen LogP contribution is -2.29. The van der Waals surface area contributed by atoms with Gasteiger partial charge in [-0.3, -0.25) is 0 Å². The Morgan fingerprint density at radius 1 is 1.28 bits per heavy atom. The van der Waals surface area contributed by atoms with Gasteiger partial charge in [-0.15, -0.1) is 5.10 Å². The second-order valence-corrected chi connectivity index (χ2v) is 7.70. The summed E-state index contributed by atoms with van der Waals surface area (Å²) in [5.74, 6) is 0.436. The van der Waals surface area contributed by atoms with Crippen molar-refractivity contribution >= 4 is 28.8 Å². The number of rotatable bonds is 4. The highest BCUT2D eigenvalue weighted by Crippen LogP contribution is 2.26. The highest BCUT2D eigenvalue weighted by Gasteiger charge is 2.22. The number of halogens is 2. The highest BCUT2D eigenvalue weighted by molar-refractivity contribution is 6.36. The van der Waals surface area contributed by atoms with E-state index in [4.69, 9.17) is 28.9 Å². The summed E-state index contributed by atoms with van der Waals surface area (Å²) in [5.41, 5.74) is 6.46. The van der Waals surface area contributed by atoms with E-state index in [9.17, 15) is 4.79 Å². The molecule has 0 saturated carbocycles. The molecule has 0 saturated heterocycles. The van der Waals surface area contributed by atoms with Crippen molar-refractivity contribution in [2.24, 2.45) is 11.1 Å². The Bertz CT molecular complexity index is 868. The molecule has 0 spiro atoms. The van der Waals surface area contributed by atoms with Crippen LogP contribution in [0.1, 0.15) is 33.5 Å². The van der Waals surface area contributed by atoms with Crippen molar-refractivity contribution in [1.82, 2.24) is 14.3 Å². The fourth-order valence-electron chi connectivity index (χ4n) is 2.42. The number of hydrogen-bond acceptors (Lipinski definition) is 3. The molecular formula is C18H22Cl2N4O. The van der Waals surface area contributed by atoms with Gasteiger partial charge in [-0.25, -0.2) is 14.0 Å². The zero-order valence-corrected chi connectivity index (χ0v) is 16.3. The predicted molar refractivity (Wildman–Crippen MR) is 104 cm³/mol. The van der Waals surface area contributed by atoms with Crippen molar-refractivity contribution in [3.05, 3.63) is 62.9 Å². The topological polar surface area (TPSA) is 65.8 Å². The van der Waals surface area contributed by atoms with Gasteiger partial charge >= 0.3 is 5.69 Å². The van der Waals surface area contributed by atoms with Crippen molar-refractivity contribution in [2.75, 3.05) is 0 Å². The first-order chi connectivity index (χ1) is 11.7. The molecule has 7 heteroatoms. The van der Waals surface area contributed by atoms with Crippen molar-refractivity contribution in [1.29, 1.82) is 0 Å². The molecule has 1 heterocycles. The van der Waals surface area contributed by atoms with Crippen LogP contribution in [-0.2, 0) is 6.54 Å². The Labute approximate surface area is 157 Å². The van der Waals surface area contributed by atoms with E-state index in [0.29, 0.717) is 33.7 Å². The Hall–Kier alpha value is -1.98. The minimum absolute atomic E-state index is 0.107. The van der Waals surface area contributed by atoms with E-state index in [2.05, 4.69) is 5.10 Å². The summed E-state index contributed by atoms with van der Waals surface area (Å²) in [5, 5.41) is 5.43. The first-order valence-corrected chi connectivity index (χ1v) is 8.64. The summed E-state index contributed by atoms with van der Waals surface area (Å²) >= 11 is 12.2. The lowest BCUT2D eigenvalue weighted by Gasteiger charge is -2.16. The van der Waals surface area contributed by atoms with Crippen molar-refractivity contribution in [3.63, 3.8) is 0 Å². The molecule has 0 atom stereocenters. The van der Waals surface area contributed by atoms with Gasteiger partial charge in [-0.05, 0) is 36.6 Å². The molecule has 0 aliphatic carbocycles. The maximum absolute atomic E-state index is 13.0. The fraction of sp³-hybridized carbons (Fsp3) is 0.333. The van der Waals surface area contributed by atoms with E-state index in [1.54, 1.807) is 30.3 Å². The summed E-state index contributed by atoms with van der Waals surface area (Å²) in [6.07, 6.45) is 3.07. The summed E-state index contributed by atoms with van der Waals surface area (Å²) in [6.45, 7) is 8.43. The summed E-state index contributed by atoms with van der Waals surface area (Å²) in [4.78, 5) is 13.0. The molecule has 2 N–H and O–H groups in total. The Morgan fingerprint density at radius 3 is 2.36 bits per heavy atom. The normalized spacial score (nSPS) is 13.4. The number of hydrogen-bond donors (Lipinski definition) is 1. The van der Waals surface area contributed by atoms with Gasteiger partial charge in [-0.2, -0.15) is 0 Å². The van der Waals surface area contributed by atoms with E-state index in [1.165, 1.54) is 15.4 Å². The third-order valence-corrected chi connectivity index (χ3v) is 4.06. The molecule has 0 radical (unpaired) electrons. The molecule has 0 unspecified atom stereocenters. The third-order valence-electron chi connectivity index (χ3n) is 3.48. The number of aromatic nitrogens is 3. The lowest BCUT2D eigenvalue weighted by molar-refractivity contribution is 0.319. The van der Waals surface area contributed by atoms with Crippen LogP contribution in [0.2, 0.25) is 5.02 Å². The molecule has 0 aliphatic rings. The van der Waals surface area contributed by atoms with Crippen molar-refractivity contribution in [3.8, 4) is 5.69 Å². The molecule has 5 nitrogen and oxygen atoms in total. The SMILES string of the molecule is C/C=C(\C(Cl)=C/N)c1nn(CC(C)(C)C)c(=O)n1-c1ccc(Cl)cc1. The number of nitrogens with zero attached hydrogens (tertiary/aromatic N) is 3. The fourth-order valence-corrected chi connectivity index (χ4v) is 2.74. The second kappa shape index (κ2) is 7.50. The van der Waals surface area contributed by atoms with Crippen LogP contribution < -0.4 is 11.4 Å². The van der Waals surface area contributed by atoms with Crippen LogP contribution in [0.25, 0.3) is 11.3 Å². The van der Waals surface area contributed by atoms with Gasteiger partial charge in [0.15, 0.2) is 5.82 Å². The quantitative estimate of drug-likeness (QED) is 0.809. The van der Waals surface area contributed by atoms with E-state index in [1.807, 2.05) is 27.7 Å². The zero-order valence-electron chi connectivity index (χ0n) is 14.8. The third kappa shape index (κ3) is 4.35. The maximum Gasteiger partial charge on any atom is 0.350 e. The van der Waals surface area contributed by atoms with Crippen LogP contribution >= 0.6 is 23.2 Å². The van der Waals surface area contributed by atoms with Gasteiger partial charge in [-0.1, -0.05) is 50.0 Å². The Kier molecular flexibility index (Phi) is 5.80. The van der Waals surface area contributed by atoms with Crippen molar-refractivity contribution < 1.29 is 0 Å². The van der Waals surface area contributed by atoms with Gasteiger partial charge in [0.25, 0.3) is 0 Å². The van der Waals surface area contributed by atoms with Gasteiger partial charge < -0.3 is 5.73 Å². The molecule has 0 aliphatic heterocycles. The minimum Gasteiger partial charge on any atom is -0.403 e. The lowest BCUT2D eigenvalue weighted by atomic mass is 9.97. The first-order valence-electron chi connectivity index (χ1n) is 7.88. The van der Waals surface area contributed by atoms with Gasteiger partial charge in [0.2, 0.25) is 0 Å². The van der Waals surface area contributed by atoms with Gasteiger partial charge in [0, 0.05) is 16.8 Å². The molecule has 134 valence electrons. The molecule has 25 heavy (non-hydrogen) atoms. The first kappa shape index (κ1) is 19.3. The monoisotopic (exact) mass is 380 g/mol. The number of benzene rings is 1. The van der Waals surface area contributed by atoms with E-state index in [-0.39, 0.29) is 11.1 Å². The molecule has 0 bridgehead atoms. The minimum atomic E-state index is -0.243. The summed E-state index contributed by atoms with van der Waals surface area (Å²) < 4.78 is 2.97.